The van der Waals surface area contributed by atoms with Gasteiger partial charge in [-0.25, -0.2) is 9.78 Å². The third-order valence-corrected chi connectivity index (χ3v) is 6.96. The van der Waals surface area contributed by atoms with Crippen molar-refractivity contribution in [1.29, 1.82) is 0 Å². The molecule has 1 aromatic carbocycles. The number of rotatable bonds is 4. The SMILES string of the molecule is Cc1sc(-c2ccco2)nc1C(=O)OCC(=O)N1c2ccccc2NC(=O)C12CCCC2. The predicted octanol–water partition coefficient (Wildman–Crippen LogP) is 4.17. The second-order valence-corrected chi connectivity index (χ2v) is 9.12. The third kappa shape index (κ3) is 3.29. The summed E-state index contributed by atoms with van der Waals surface area (Å²) in [6.45, 7) is 1.29. The van der Waals surface area contributed by atoms with Crippen LogP contribution < -0.4 is 10.2 Å². The maximum atomic E-state index is 13.3. The molecule has 0 bridgehead atoms. The smallest absolute Gasteiger partial charge is 0.358 e. The van der Waals surface area contributed by atoms with Crippen LogP contribution in [0.5, 0.6) is 0 Å². The van der Waals surface area contributed by atoms with Crippen LogP contribution in [0.2, 0.25) is 0 Å². The van der Waals surface area contributed by atoms with E-state index in [0.29, 0.717) is 39.9 Å². The second kappa shape index (κ2) is 7.90. The number of nitrogens with one attached hydrogen (secondary N) is 1. The van der Waals surface area contributed by atoms with Crippen molar-refractivity contribution < 1.29 is 23.5 Å². The number of thiazole rings is 1. The molecule has 0 unspecified atom stereocenters. The number of ether oxygens (including phenoxy) is 1. The summed E-state index contributed by atoms with van der Waals surface area (Å²) in [6.07, 6.45) is 4.39. The Balaban J connectivity index is 1.37. The van der Waals surface area contributed by atoms with Crippen LogP contribution in [0, 0.1) is 6.92 Å². The minimum absolute atomic E-state index is 0.154. The van der Waals surface area contributed by atoms with Gasteiger partial charge in [-0.15, -0.1) is 11.3 Å². The van der Waals surface area contributed by atoms with Crippen LogP contribution in [-0.4, -0.2) is 34.9 Å². The van der Waals surface area contributed by atoms with Gasteiger partial charge in [-0.2, -0.15) is 0 Å². The zero-order valence-electron chi connectivity index (χ0n) is 17.4. The zero-order valence-corrected chi connectivity index (χ0v) is 18.2. The Bertz CT molecular complexity index is 1190. The van der Waals surface area contributed by atoms with E-state index in [1.807, 2.05) is 6.07 Å². The number of carbonyl (C=O) groups is 3. The highest BCUT2D eigenvalue weighted by atomic mass is 32.1. The number of esters is 1. The van der Waals surface area contributed by atoms with Crippen LogP contribution in [0.25, 0.3) is 10.8 Å². The first-order valence-electron chi connectivity index (χ1n) is 10.4. The van der Waals surface area contributed by atoms with Gasteiger partial charge in [0.2, 0.25) is 0 Å². The number of furan rings is 1. The average molecular weight is 452 g/mol. The van der Waals surface area contributed by atoms with E-state index in [0.717, 1.165) is 12.8 Å². The maximum Gasteiger partial charge on any atom is 0.358 e. The molecule has 0 radical (unpaired) electrons. The number of nitrogens with zero attached hydrogens (tertiary/aromatic N) is 2. The maximum absolute atomic E-state index is 13.3. The topological polar surface area (TPSA) is 102 Å². The molecule has 3 aromatic rings. The van der Waals surface area contributed by atoms with Gasteiger partial charge in [0.1, 0.15) is 5.54 Å². The normalized spacial score (nSPS) is 16.7. The lowest BCUT2D eigenvalue weighted by Gasteiger charge is -2.44. The van der Waals surface area contributed by atoms with E-state index in [-0.39, 0.29) is 11.6 Å². The van der Waals surface area contributed by atoms with Crippen LogP contribution in [0.15, 0.2) is 47.1 Å². The van der Waals surface area contributed by atoms with E-state index in [9.17, 15) is 14.4 Å². The summed E-state index contributed by atoms with van der Waals surface area (Å²) in [5.74, 6) is -0.735. The van der Waals surface area contributed by atoms with E-state index in [4.69, 9.17) is 9.15 Å². The quantitative estimate of drug-likeness (QED) is 0.598. The number of hydrogen-bond donors (Lipinski definition) is 1. The summed E-state index contributed by atoms with van der Waals surface area (Å²) in [4.78, 5) is 45.5. The molecule has 1 fully saturated rings. The zero-order chi connectivity index (χ0) is 22.3. The number of hydrogen-bond acceptors (Lipinski definition) is 7. The van der Waals surface area contributed by atoms with Gasteiger partial charge in [0.25, 0.3) is 11.8 Å². The minimum atomic E-state index is -0.944. The standard InChI is InChI=1S/C23H21N3O5S/c1-14-19(25-20(32-14)17-9-6-12-30-17)21(28)31-13-18(27)26-16-8-3-2-7-15(16)24-22(29)23(26)10-4-5-11-23/h2-3,6-9,12H,4-5,10-11,13H2,1H3,(H,24,29). The molecule has 3 heterocycles. The molecule has 1 spiro atoms. The first-order chi connectivity index (χ1) is 15.5. The predicted molar refractivity (Wildman–Crippen MR) is 119 cm³/mol. The highest BCUT2D eigenvalue weighted by Gasteiger charge is 2.52. The van der Waals surface area contributed by atoms with Crippen LogP contribution >= 0.6 is 11.3 Å². The first-order valence-corrected chi connectivity index (χ1v) is 11.2. The van der Waals surface area contributed by atoms with Gasteiger partial charge in [0.05, 0.1) is 17.6 Å². The number of carbonyl (C=O) groups excluding carboxylic acids is 3. The summed E-state index contributed by atoms with van der Waals surface area (Å²) < 4.78 is 10.7. The number of fused-ring (bicyclic) bond motifs is 1. The highest BCUT2D eigenvalue weighted by molar-refractivity contribution is 7.15. The number of aryl methyl sites for hydroxylation is 1. The molecule has 1 aliphatic carbocycles. The second-order valence-electron chi connectivity index (χ2n) is 7.92. The van der Waals surface area contributed by atoms with Gasteiger partial charge in [-0.3, -0.25) is 14.5 Å². The number of aromatic nitrogens is 1. The van der Waals surface area contributed by atoms with Crippen molar-refractivity contribution in [2.45, 2.75) is 38.1 Å². The molecule has 1 aliphatic heterocycles. The fraction of sp³-hybridized carbons (Fsp3) is 0.304. The van der Waals surface area contributed by atoms with E-state index in [1.54, 1.807) is 37.3 Å². The molecule has 0 saturated heterocycles. The molecule has 2 amide bonds. The van der Waals surface area contributed by atoms with Gasteiger partial charge in [0, 0.05) is 4.88 Å². The Labute approximate surface area is 188 Å². The molecule has 8 nitrogen and oxygen atoms in total. The van der Waals surface area contributed by atoms with E-state index in [2.05, 4.69) is 10.3 Å². The van der Waals surface area contributed by atoms with E-state index < -0.39 is 24.0 Å². The monoisotopic (exact) mass is 451 g/mol. The average Bonchev–Trinajstić information content (AvgIpc) is 3.54. The number of anilines is 2. The Hall–Kier alpha value is -3.46. The molecule has 1 N–H and O–H groups in total. The molecular formula is C23H21N3O5S. The van der Waals surface area contributed by atoms with Gasteiger partial charge in [-0.05, 0) is 44.0 Å². The van der Waals surface area contributed by atoms with E-state index >= 15 is 0 Å². The molecule has 9 heteroatoms. The Kier molecular flexibility index (Phi) is 5.05. The van der Waals surface area contributed by atoms with Gasteiger partial charge in [0.15, 0.2) is 23.1 Å². The minimum Gasteiger partial charge on any atom is -0.462 e. The largest absolute Gasteiger partial charge is 0.462 e. The molecule has 32 heavy (non-hydrogen) atoms. The molecule has 5 rings (SSSR count). The summed E-state index contributed by atoms with van der Waals surface area (Å²) in [6, 6.07) is 10.7. The van der Waals surface area contributed by atoms with E-state index in [1.165, 1.54) is 22.5 Å². The van der Waals surface area contributed by atoms with Crippen molar-refractivity contribution in [3.05, 3.63) is 53.2 Å². The molecule has 164 valence electrons. The lowest BCUT2D eigenvalue weighted by atomic mass is 9.90. The van der Waals surface area contributed by atoms with Gasteiger partial charge < -0.3 is 14.5 Å². The summed E-state index contributed by atoms with van der Waals surface area (Å²) >= 11 is 1.32. The molecular weight excluding hydrogens is 430 g/mol. The number of benzene rings is 1. The molecule has 0 atom stereocenters. The Morgan fingerprint density at radius 1 is 1.22 bits per heavy atom. The van der Waals surface area contributed by atoms with Crippen LogP contribution in [0.4, 0.5) is 11.4 Å². The first kappa shape index (κ1) is 20.4. The van der Waals surface area contributed by atoms with Crippen LogP contribution in [-0.2, 0) is 14.3 Å². The van der Waals surface area contributed by atoms with Crippen molar-refractivity contribution in [2.24, 2.45) is 0 Å². The molecule has 2 aliphatic rings. The van der Waals surface area contributed by atoms with Crippen molar-refractivity contribution >= 4 is 40.5 Å². The van der Waals surface area contributed by atoms with Gasteiger partial charge >= 0.3 is 5.97 Å². The third-order valence-electron chi connectivity index (χ3n) is 5.97. The highest BCUT2D eigenvalue weighted by Crippen LogP contribution is 2.45. The Morgan fingerprint density at radius 3 is 2.75 bits per heavy atom. The number of para-hydroxylation sites is 2. The fourth-order valence-electron chi connectivity index (χ4n) is 4.48. The van der Waals surface area contributed by atoms with Crippen molar-refractivity contribution in [3.63, 3.8) is 0 Å². The van der Waals surface area contributed by atoms with Crippen molar-refractivity contribution in [1.82, 2.24) is 4.98 Å². The summed E-state index contributed by atoms with van der Waals surface area (Å²) in [7, 11) is 0. The lowest BCUT2D eigenvalue weighted by Crippen LogP contribution is -2.61. The van der Waals surface area contributed by atoms with Crippen molar-refractivity contribution in [3.8, 4) is 10.8 Å². The summed E-state index contributed by atoms with van der Waals surface area (Å²) in [5, 5.41) is 3.50. The molecule has 1 saturated carbocycles. The molecule has 2 aromatic heterocycles. The van der Waals surface area contributed by atoms with Gasteiger partial charge in [-0.1, -0.05) is 25.0 Å². The lowest BCUT2D eigenvalue weighted by molar-refractivity contribution is -0.129. The van der Waals surface area contributed by atoms with Crippen LogP contribution in [0.1, 0.15) is 41.0 Å². The number of amides is 2. The summed E-state index contributed by atoms with van der Waals surface area (Å²) in [5.41, 5.74) is 0.413. The Morgan fingerprint density at radius 2 is 2.00 bits per heavy atom. The van der Waals surface area contributed by atoms with Crippen molar-refractivity contribution in [2.75, 3.05) is 16.8 Å². The fourth-order valence-corrected chi connectivity index (χ4v) is 5.35. The van der Waals surface area contributed by atoms with Crippen LogP contribution in [0.3, 0.4) is 0 Å².